The predicted molar refractivity (Wildman–Crippen MR) is 94.2 cm³/mol. The molecule has 1 aliphatic rings. The van der Waals surface area contributed by atoms with Gasteiger partial charge in [-0.05, 0) is 44.1 Å². The van der Waals surface area contributed by atoms with Crippen LogP contribution in [0.15, 0.2) is 23.1 Å². The van der Waals surface area contributed by atoms with E-state index in [0.29, 0.717) is 0 Å². The SMILES string of the molecule is CN(C1CCNCC1)S(=O)(=O)c1cc(Cl)ccc1OCC(N)=O.Cl. The minimum atomic E-state index is -3.80. The van der Waals surface area contributed by atoms with Gasteiger partial charge < -0.3 is 15.8 Å². The van der Waals surface area contributed by atoms with Crippen molar-refractivity contribution in [1.82, 2.24) is 9.62 Å². The van der Waals surface area contributed by atoms with Crippen LogP contribution in [-0.4, -0.2) is 51.4 Å². The molecule has 1 aromatic rings. The van der Waals surface area contributed by atoms with Crippen molar-refractivity contribution >= 4 is 39.9 Å². The summed E-state index contributed by atoms with van der Waals surface area (Å²) in [4.78, 5) is 10.8. The van der Waals surface area contributed by atoms with Crippen LogP contribution in [0.5, 0.6) is 5.75 Å². The average Bonchev–Trinajstić information content (AvgIpc) is 2.53. The van der Waals surface area contributed by atoms with E-state index in [-0.39, 0.29) is 34.1 Å². The molecule has 1 heterocycles. The van der Waals surface area contributed by atoms with E-state index in [1.54, 1.807) is 7.05 Å². The molecule has 10 heteroatoms. The Morgan fingerprint density at radius 3 is 2.62 bits per heavy atom. The van der Waals surface area contributed by atoms with Gasteiger partial charge in [-0.1, -0.05) is 11.6 Å². The van der Waals surface area contributed by atoms with Crippen LogP contribution in [-0.2, 0) is 14.8 Å². The number of hydrogen-bond donors (Lipinski definition) is 2. The quantitative estimate of drug-likeness (QED) is 0.745. The molecule has 7 nitrogen and oxygen atoms in total. The van der Waals surface area contributed by atoms with Gasteiger partial charge in [-0.3, -0.25) is 4.79 Å². The summed E-state index contributed by atoms with van der Waals surface area (Å²) in [6, 6.07) is 4.16. The Labute approximate surface area is 152 Å². The van der Waals surface area contributed by atoms with E-state index in [2.05, 4.69) is 5.32 Å². The molecule has 0 aromatic heterocycles. The van der Waals surface area contributed by atoms with Gasteiger partial charge >= 0.3 is 0 Å². The van der Waals surface area contributed by atoms with Gasteiger partial charge in [-0.2, -0.15) is 4.31 Å². The number of nitrogens with two attached hydrogens (primary N) is 1. The molecule has 1 saturated heterocycles. The summed E-state index contributed by atoms with van der Waals surface area (Å²) in [7, 11) is -2.25. The number of halogens is 2. The Kier molecular flexibility index (Phi) is 7.75. The van der Waals surface area contributed by atoms with Gasteiger partial charge in [-0.25, -0.2) is 8.42 Å². The predicted octanol–water partition coefficient (Wildman–Crippen LogP) is 0.998. The summed E-state index contributed by atoms with van der Waals surface area (Å²) in [5.74, 6) is -0.621. The molecule has 1 fully saturated rings. The summed E-state index contributed by atoms with van der Waals surface area (Å²) in [6.45, 7) is 1.14. The number of nitrogens with zero attached hydrogens (tertiary/aromatic N) is 1. The highest BCUT2D eigenvalue weighted by Crippen LogP contribution is 2.31. The molecule has 1 aliphatic heterocycles. The van der Waals surface area contributed by atoms with Crippen LogP contribution in [0.3, 0.4) is 0 Å². The zero-order valence-corrected chi connectivity index (χ0v) is 15.6. The van der Waals surface area contributed by atoms with Crippen LogP contribution in [0.2, 0.25) is 5.02 Å². The topological polar surface area (TPSA) is 102 Å². The number of benzene rings is 1. The second kappa shape index (κ2) is 8.87. The van der Waals surface area contributed by atoms with Crippen molar-refractivity contribution in [3.05, 3.63) is 23.2 Å². The number of ether oxygens (including phenoxy) is 1. The Hall–Kier alpha value is -1.06. The number of carbonyl (C=O) groups excluding carboxylic acids is 1. The fourth-order valence-corrected chi connectivity index (χ4v) is 4.28. The maximum Gasteiger partial charge on any atom is 0.255 e. The van der Waals surface area contributed by atoms with Crippen molar-refractivity contribution < 1.29 is 17.9 Å². The normalized spacial score (nSPS) is 15.8. The van der Waals surface area contributed by atoms with Crippen molar-refractivity contribution in [1.29, 1.82) is 0 Å². The maximum atomic E-state index is 12.9. The molecule has 1 aromatic carbocycles. The molecule has 3 N–H and O–H groups in total. The number of amides is 1. The fourth-order valence-electron chi connectivity index (χ4n) is 2.47. The van der Waals surface area contributed by atoms with Crippen molar-refractivity contribution in [2.75, 3.05) is 26.7 Å². The molecular formula is C14H21Cl2N3O4S. The Morgan fingerprint density at radius 1 is 1.42 bits per heavy atom. The highest BCUT2D eigenvalue weighted by Gasteiger charge is 2.31. The number of carbonyl (C=O) groups is 1. The lowest BCUT2D eigenvalue weighted by Gasteiger charge is -2.31. The average molecular weight is 398 g/mol. The summed E-state index contributed by atoms with van der Waals surface area (Å²) >= 11 is 5.94. The fraction of sp³-hybridized carbons (Fsp3) is 0.500. The lowest BCUT2D eigenvalue weighted by Crippen LogP contribution is -2.44. The molecule has 24 heavy (non-hydrogen) atoms. The van der Waals surface area contributed by atoms with Crippen LogP contribution in [0.1, 0.15) is 12.8 Å². The van der Waals surface area contributed by atoms with Gasteiger partial charge in [0.2, 0.25) is 10.0 Å². The molecule has 2 rings (SSSR count). The third-order valence-corrected chi connectivity index (χ3v) is 5.92. The lowest BCUT2D eigenvalue weighted by atomic mass is 10.1. The zero-order chi connectivity index (χ0) is 17.0. The van der Waals surface area contributed by atoms with E-state index < -0.39 is 22.5 Å². The van der Waals surface area contributed by atoms with E-state index in [1.165, 1.54) is 22.5 Å². The third-order valence-electron chi connectivity index (χ3n) is 3.76. The van der Waals surface area contributed by atoms with Crippen molar-refractivity contribution in [2.24, 2.45) is 5.73 Å². The summed E-state index contributed by atoms with van der Waals surface area (Å²) in [5.41, 5.74) is 5.05. The van der Waals surface area contributed by atoms with Gasteiger partial charge in [0.05, 0.1) is 0 Å². The molecule has 0 atom stereocenters. The van der Waals surface area contributed by atoms with Gasteiger partial charge in [0.1, 0.15) is 10.6 Å². The van der Waals surface area contributed by atoms with Crippen molar-refractivity contribution in [2.45, 2.75) is 23.8 Å². The minimum Gasteiger partial charge on any atom is -0.482 e. The number of hydrogen-bond acceptors (Lipinski definition) is 5. The Balaban J connectivity index is 0.00000288. The standard InChI is InChI=1S/C14H20ClN3O4S.ClH/c1-18(11-4-6-17-7-5-11)23(20,21)13-8-10(15)2-3-12(13)22-9-14(16)19;/h2-3,8,11,17H,4-7,9H2,1H3,(H2,16,19);1H. The molecular weight excluding hydrogens is 377 g/mol. The van der Waals surface area contributed by atoms with Gasteiger partial charge in [-0.15, -0.1) is 12.4 Å². The largest absolute Gasteiger partial charge is 0.482 e. The summed E-state index contributed by atoms with van der Waals surface area (Å²) in [5, 5.41) is 3.47. The van der Waals surface area contributed by atoms with E-state index >= 15 is 0 Å². The number of sulfonamides is 1. The highest BCUT2D eigenvalue weighted by atomic mass is 35.5. The first-order valence-electron chi connectivity index (χ1n) is 7.22. The molecule has 0 bridgehead atoms. The van der Waals surface area contributed by atoms with Crippen LogP contribution >= 0.6 is 24.0 Å². The van der Waals surface area contributed by atoms with Gasteiger partial charge in [0.15, 0.2) is 6.61 Å². The van der Waals surface area contributed by atoms with E-state index in [0.717, 1.165) is 25.9 Å². The highest BCUT2D eigenvalue weighted by molar-refractivity contribution is 7.89. The third kappa shape index (κ3) is 4.97. The Morgan fingerprint density at radius 2 is 2.04 bits per heavy atom. The molecule has 0 spiro atoms. The molecule has 0 aliphatic carbocycles. The molecule has 0 unspecified atom stereocenters. The van der Waals surface area contributed by atoms with Crippen molar-refractivity contribution in [3.63, 3.8) is 0 Å². The van der Waals surface area contributed by atoms with Gasteiger partial charge in [0.25, 0.3) is 5.91 Å². The molecule has 1 amide bonds. The summed E-state index contributed by atoms with van der Waals surface area (Å²) in [6.07, 6.45) is 1.46. The lowest BCUT2D eigenvalue weighted by molar-refractivity contribution is -0.120. The number of rotatable bonds is 6. The van der Waals surface area contributed by atoms with Crippen LogP contribution < -0.4 is 15.8 Å². The molecule has 0 radical (unpaired) electrons. The molecule has 0 saturated carbocycles. The van der Waals surface area contributed by atoms with E-state index in [9.17, 15) is 13.2 Å². The van der Waals surface area contributed by atoms with Crippen LogP contribution in [0, 0.1) is 0 Å². The maximum absolute atomic E-state index is 12.9. The summed E-state index contributed by atoms with van der Waals surface area (Å²) < 4.78 is 32.4. The van der Waals surface area contributed by atoms with Crippen LogP contribution in [0.25, 0.3) is 0 Å². The minimum absolute atomic E-state index is 0. The number of nitrogens with one attached hydrogen (secondary N) is 1. The van der Waals surface area contributed by atoms with E-state index in [1.807, 2.05) is 0 Å². The first-order chi connectivity index (χ1) is 10.8. The monoisotopic (exact) mass is 397 g/mol. The second-order valence-corrected chi connectivity index (χ2v) is 7.75. The molecule has 136 valence electrons. The second-order valence-electron chi connectivity index (χ2n) is 5.35. The smallest absolute Gasteiger partial charge is 0.255 e. The first-order valence-corrected chi connectivity index (χ1v) is 9.03. The van der Waals surface area contributed by atoms with E-state index in [4.69, 9.17) is 22.1 Å². The first kappa shape index (κ1) is 21.0. The number of primary amides is 1. The Bertz CT molecular complexity index is 679. The van der Waals surface area contributed by atoms with Gasteiger partial charge in [0, 0.05) is 18.1 Å². The zero-order valence-electron chi connectivity index (χ0n) is 13.2. The van der Waals surface area contributed by atoms with Crippen molar-refractivity contribution in [3.8, 4) is 5.75 Å². The van der Waals surface area contributed by atoms with Crippen LogP contribution in [0.4, 0.5) is 0 Å². The number of piperidine rings is 1.